The molecule has 0 radical (unpaired) electrons. The number of nitrogens with one attached hydrogen (secondary N) is 1. The summed E-state index contributed by atoms with van der Waals surface area (Å²) >= 11 is 0. The van der Waals surface area contributed by atoms with Gasteiger partial charge >= 0.3 is 0 Å². The van der Waals surface area contributed by atoms with E-state index in [-0.39, 0.29) is 46.7 Å². The number of benzene rings is 2. The van der Waals surface area contributed by atoms with Gasteiger partial charge in [0.15, 0.2) is 17.3 Å². The third kappa shape index (κ3) is 3.77. The number of aromatic amines is 1. The van der Waals surface area contributed by atoms with Crippen LogP contribution in [0.3, 0.4) is 0 Å². The van der Waals surface area contributed by atoms with E-state index in [1.807, 2.05) is 0 Å². The van der Waals surface area contributed by atoms with Gasteiger partial charge in [0, 0.05) is 18.7 Å². The van der Waals surface area contributed by atoms with Crippen LogP contribution in [0.5, 0.6) is 23.0 Å². The Balaban J connectivity index is 1.98. The van der Waals surface area contributed by atoms with E-state index in [0.717, 1.165) is 6.07 Å². The van der Waals surface area contributed by atoms with Crippen LogP contribution in [0.15, 0.2) is 57.7 Å². The van der Waals surface area contributed by atoms with E-state index in [4.69, 9.17) is 13.9 Å². The molecule has 2 aromatic carbocycles. The van der Waals surface area contributed by atoms with E-state index < -0.39 is 11.2 Å². The number of ether oxygens (including phenoxy) is 2. The van der Waals surface area contributed by atoms with E-state index in [1.54, 1.807) is 43.5 Å². The molecule has 4 N–H and O–H groups in total. The number of phenolic OH excluding ortho intramolecular Hbond substituents is 2. The Bertz CT molecular complexity index is 1320. The zero-order chi connectivity index (χ0) is 22.8. The molecule has 2 aromatic heterocycles. The molecule has 2 heterocycles. The molecule has 0 aliphatic heterocycles. The van der Waals surface area contributed by atoms with Gasteiger partial charge in [-0.2, -0.15) is 0 Å². The van der Waals surface area contributed by atoms with Crippen molar-refractivity contribution in [3.63, 3.8) is 0 Å². The van der Waals surface area contributed by atoms with Crippen LogP contribution < -0.4 is 10.2 Å². The molecule has 0 saturated heterocycles. The van der Waals surface area contributed by atoms with Crippen LogP contribution >= 0.6 is 0 Å². The van der Waals surface area contributed by atoms with Crippen LogP contribution in [0.4, 0.5) is 0 Å². The lowest BCUT2D eigenvalue weighted by Gasteiger charge is -2.07. The average molecular weight is 436 g/mol. The van der Waals surface area contributed by atoms with E-state index in [2.05, 4.69) is 9.97 Å². The highest BCUT2D eigenvalue weighted by atomic mass is 16.5. The summed E-state index contributed by atoms with van der Waals surface area (Å²) in [6.07, 6.45) is 0. The fraction of sp³-hybridized carbons (Fsp3) is 0.130. The van der Waals surface area contributed by atoms with Gasteiger partial charge in [-0.25, -0.2) is 4.98 Å². The topological polar surface area (TPSA) is 138 Å². The van der Waals surface area contributed by atoms with Crippen molar-refractivity contribution in [3.8, 4) is 57.1 Å². The number of H-pyrrole nitrogens is 1. The van der Waals surface area contributed by atoms with Gasteiger partial charge in [-0.1, -0.05) is 6.07 Å². The zero-order valence-corrected chi connectivity index (χ0v) is 17.2. The Labute approximate surface area is 182 Å². The van der Waals surface area contributed by atoms with E-state index in [0.29, 0.717) is 17.0 Å². The summed E-state index contributed by atoms with van der Waals surface area (Å²) in [5, 5.41) is 30.7. The SMILES string of the molecule is COCc1cc(=O)c(O)c(-c2[nH]c(-c3cccc(O)c3O)nc2-c2ccc(OC)cc2)o1. The van der Waals surface area contributed by atoms with Crippen molar-refractivity contribution in [2.45, 2.75) is 6.61 Å². The normalized spacial score (nSPS) is 10.9. The van der Waals surface area contributed by atoms with Gasteiger partial charge in [-0.15, -0.1) is 0 Å². The summed E-state index contributed by atoms with van der Waals surface area (Å²) in [5.74, 6) is -0.381. The number of rotatable bonds is 6. The van der Waals surface area contributed by atoms with Crippen LogP contribution in [-0.4, -0.2) is 39.5 Å². The molecular weight excluding hydrogens is 416 g/mol. The number of imidazole rings is 1. The molecule has 0 aliphatic rings. The van der Waals surface area contributed by atoms with Crippen LogP contribution in [0, 0.1) is 0 Å². The average Bonchev–Trinajstić information content (AvgIpc) is 3.23. The molecule has 4 aromatic rings. The van der Waals surface area contributed by atoms with Crippen molar-refractivity contribution < 1.29 is 29.2 Å². The van der Waals surface area contributed by atoms with Crippen molar-refractivity contribution >= 4 is 0 Å². The minimum absolute atomic E-state index is 0.0225. The van der Waals surface area contributed by atoms with Gasteiger partial charge in [0.2, 0.25) is 11.2 Å². The van der Waals surface area contributed by atoms with Gasteiger partial charge in [0.05, 0.1) is 12.7 Å². The molecule has 0 spiro atoms. The Morgan fingerprint density at radius 1 is 1.03 bits per heavy atom. The third-order valence-electron chi connectivity index (χ3n) is 4.82. The summed E-state index contributed by atoms with van der Waals surface area (Å²) in [5.41, 5.74) is 0.761. The maximum absolute atomic E-state index is 12.3. The van der Waals surface area contributed by atoms with E-state index >= 15 is 0 Å². The third-order valence-corrected chi connectivity index (χ3v) is 4.82. The lowest BCUT2D eigenvalue weighted by molar-refractivity contribution is 0.162. The van der Waals surface area contributed by atoms with Crippen LogP contribution in [-0.2, 0) is 11.3 Å². The quantitative estimate of drug-likeness (QED) is 0.336. The highest BCUT2D eigenvalue weighted by molar-refractivity contribution is 5.82. The Kier molecular flexibility index (Phi) is 5.57. The maximum Gasteiger partial charge on any atom is 0.227 e. The summed E-state index contributed by atoms with van der Waals surface area (Å²) < 4.78 is 16.0. The first-order valence-electron chi connectivity index (χ1n) is 9.54. The molecule has 0 atom stereocenters. The molecule has 0 saturated carbocycles. The first-order valence-corrected chi connectivity index (χ1v) is 9.54. The van der Waals surface area contributed by atoms with Gasteiger partial charge in [-0.05, 0) is 36.4 Å². The summed E-state index contributed by atoms with van der Waals surface area (Å²) in [6, 6.07) is 12.6. The van der Waals surface area contributed by atoms with E-state index in [9.17, 15) is 20.1 Å². The van der Waals surface area contributed by atoms with Crippen molar-refractivity contribution in [2.24, 2.45) is 0 Å². The van der Waals surface area contributed by atoms with Crippen molar-refractivity contribution in [2.75, 3.05) is 14.2 Å². The van der Waals surface area contributed by atoms with Crippen LogP contribution in [0.2, 0.25) is 0 Å². The second kappa shape index (κ2) is 8.48. The lowest BCUT2D eigenvalue weighted by atomic mass is 10.1. The minimum atomic E-state index is -0.643. The van der Waals surface area contributed by atoms with Gasteiger partial charge < -0.3 is 34.2 Å². The predicted octanol–water partition coefficient (Wildman–Crippen LogP) is 3.64. The van der Waals surface area contributed by atoms with Gasteiger partial charge in [-0.3, -0.25) is 4.79 Å². The standard InChI is InChI=1S/C23H20N2O7/c1-30-11-14-10-17(27)21(29)22(32-14)19-18(12-6-8-13(31-2)9-7-12)24-23(25-19)15-4-3-5-16(26)20(15)28/h3-10,26,28-29H,11H2,1-2H3,(H,24,25). The van der Waals surface area contributed by atoms with Crippen LogP contribution in [0.1, 0.15) is 5.76 Å². The maximum atomic E-state index is 12.3. The monoisotopic (exact) mass is 436 g/mol. The molecule has 0 fully saturated rings. The second-order valence-electron chi connectivity index (χ2n) is 6.90. The number of para-hydroxylation sites is 1. The Morgan fingerprint density at radius 3 is 2.47 bits per heavy atom. The number of hydrogen-bond donors (Lipinski definition) is 4. The fourth-order valence-corrected chi connectivity index (χ4v) is 3.26. The number of aromatic nitrogens is 2. The first kappa shape index (κ1) is 21.0. The first-order chi connectivity index (χ1) is 15.4. The molecule has 0 unspecified atom stereocenters. The highest BCUT2D eigenvalue weighted by Crippen LogP contribution is 2.40. The molecule has 9 nitrogen and oxygen atoms in total. The second-order valence-corrected chi connectivity index (χ2v) is 6.90. The number of hydrogen-bond acceptors (Lipinski definition) is 8. The van der Waals surface area contributed by atoms with Crippen LogP contribution in [0.25, 0.3) is 34.1 Å². The Hall–Kier alpha value is -4.24. The minimum Gasteiger partial charge on any atom is -0.504 e. The highest BCUT2D eigenvalue weighted by Gasteiger charge is 2.23. The summed E-state index contributed by atoms with van der Waals surface area (Å²) in [4.78, 5) is 19.9. The molecule has 0 aliphatic carbocycles. The van der Waals surface area contributed by atoms with Gasteiger partial charge in [0.1, 0.15) is 35.3 Å². The largest absolute Gasteiger partial charge is 0.504 e. The molecule has 0 bridgehead atoms. The fourth-order valence-electron chi connectivity index (χ4n) is 3.26. The molecule has 164 valence electrons. The van der Waals surface area contributed by atoms with Crippen molar-refractivity contribution in [1.82, 2.24) is 9.97 Å². The number of methoxy groups -OCH3 is 2. The molecule has 32 heavy (non-hydrogen) atoms. The van der Waals surface area contributed by atoms with E-state index in [1.165, 1.54) is 13.2 Å². The zero-order valence-electron chi connectivity index (χ0n) is 17.2. The van der Waals surface area contributed by atoms with Gasteiger partial charge in [0.25, 0.3) is 0 Å². The predicted molar refractivity (Wildman–Crippen MR) is 116 cm³/mol. The number of nitrogens with zero attached hydrogens (tertiary/aromatic N) is 1. The smallest absolute Gasteiger partial charge is 0.227 e. The van der Waals surface area contributed by atoms with Crippen molar-refractivity contribution in [1.29, 1.82) is 0 Å². The summed E-state index contributed by atoms with van der Waals surface area (Å²) in [6.45, 7) is 0.0225. The lowest BCUT2D eigenvalue weighted by Crippen LogP contribution is -2.04. The number of aromatic hydroxyl groups is 3. The van der Waals surface area contributed by atoms with Crippen molar-refractivity contribution in [3.05, 3.63) is 64.5 Å². The molecule has 4 rings (SSSR count). The number of phenols is 2. The molecule has 9 heteroatoms. The molecule has 0 amide bonds. The Morgan fingerprint density at radius 2 is 1.78 bits per heavy atom. The summed E-state index contributed by atoms with van der Waals surface area (Å²) in [7, 11) is 3.00. The molecular formula is C23H20N2O7.